The number of nitrogens with one attached hydrogen (secondary N) is 1. The summed E-state index contributed by atoms with van der Waals surface area (Å²) in [6, 6.07) is 15.8. The van der Waals surface area contributed by atoms with Crippen LogP contribution in [-0.4, -0.2) is 35.9 Å². The zero-order valence-corrected chi connectivity index (χ0v) is 16.8. The Balaban J connectivity index is 1.73. The maximum absolute atomic E-state index is 5.43. The maximum atomic E-state index is 5.43. The van der Waals surface area contributed by atoms with Crippen LogP contribution in [0.5, 0.6) is 17.2 Å². The molecule has 0 amide bonds. The van der Waals surface area contributed by atoms with Crippen LogP contribution in [-0.2, 0) is 7.05 Å². The SMILES string of the molecule is COc1cc(Nc2nc3cnc(-c4ccccc4)cc3n2C)cc(OC)c1OC. The van der Waals surface area contributed by atoms with Crippen molar-refractivity contribution in [2.45, 2.75) is 0 Å². The van der Waals surface area contributed by atoms with Crippen molar-refractivity contribution in [2.75, 3.05) is 26.6 Å². The smallest absolute Gasteiger partial charge is 0.208 e. The second-order valence-corrected chi connectivity index (χ2v) is 6.46. The molecule has 29 heavy (non-hydrogen) atoms. The van der Waals surface area contributed by atoms with Crippen LogP contribution < -0.4 is 19.5 Å². The van der Waals surface area contributed by atoms with Gasteiger partial charge < -0.3 is 24.1 Å². The first-order valence-electron chi connectivity index (χ1n) is 9.09. The first-order chi connectivity index (χ1) is 14.1. The van der Waals surface area contributed by atoms with Crippen LogP contribution in [0.4, 0.5) is 11.6 Å². The third-order valence-electron chi connectivity index (χ3n) is 4.76. The van der Waals surface area contributed by atoms with E-state index in [1.165, 1.54) is 0 Å². The highest BCUT2D eigenvalue weighted by molar-refractivity contribution is 5.83. The highest BCUT2D eigenvalue weighted by Crippen LogP contribution is 2.40. The van der Waals surface area contributed by atoms with E-state index in [-0.39, 0.29) is 0 Å². The molecule has 7 nitrogen and oxygen atoms in total. The third-order valence-corrected chi connectivity index (χ3v) is 4.76. The number of aromatic nitrogens is 3. The molecule has 0 fully saturated rings. The summed E-state index contributed by atoms with van der Waals surface area (Å²) in [5.74, 6) is 2.37. The summed E-state index contributed by atoms with van der Waals surface area (Å²) in [5.41, 5.74) is 4.53. The monoisotopic (exact) mass is 390 g/mol. The van der Waals surface area contributed by atoms with Crippen molar-refractivity contribution in [3.8, 4) is 28.5 Å². The number of nitrogens with zero attached hydrogens (tertiary/aromatic N) is 3. The molecule has 0 aliphatic rings. The van der Waals surface area contributed by atoms with Crippen molar-refractivity contribution in [1.82, 2.24) is 14.5 Å². The Bertz CT molecular complexity index is 1130. The second kappa shape index (κ2) is 7.71. The lowest BCUT2D eigenvalue weighted by Crippen LogP contribution is -2.01. The summed E-state index contributed by atoms with van der Waals surface area (Å²) in [4.78, 5) is 9.23. The second-order valence-electron chi connectivity index (χ2n) is 6.46. The van der Waals surface area contributed by atoms with Gasteiger partial charge in [0.2, 0.25) is 11.7 Å². The van der Waals surface area contributed by atoms with E-state index in [0.717, 1.165) is 28.0 Å². The van der Waals surface area contributed by atoms with E-state index in [1.807, 2.05) is 60.1 Å². The quantitative estimate of drug-likeness (QED) is 0.526. The molecule has 148 valence electrons. The van der Waals surface area contributed by atoms with Crippen molar-refractivity contribution in [3.63, 3.8) is 0 Å². The summed E-state index contributed by atoms with van der Waals surface area (Å²) in [7, 11) is 6.72. The number of anilines is 2. The van der Waals surface area contributed by atoms with Gasteiger partial charge >= 0.3 is 0 Å². The Labute approximate surface area is 168 Å². The molecule has 4 aromatic rings. The third kappa shape index (κ3) is 3.42. The van der Waals surface area contributed by atoms with Gasteiger partial charge in [-0.3, -0.25) is 4.98 Å². The van der Waals surface area contributed by atoms with Crippen LogP contribution in [0, 0.1) is 0 Å². The van der Waals surface area contributed by atoms with Crippen LogP contribution in [0.25, 0.3) is 22.3 Å². The van der Waals surface area contributed by atoms with Gasteiger partial charge in [0, 0.05) is 30.4 Å². The van der Waals surface area contributed by atoms with Crippen molar-refractivity contribution < 1.29 is 14.2 Å². The van der Waals surface area contributed by atoms with Gasteiger partial charge in [-0.1, -0.05) is 30.3 Å². The largest absolute Gasteiger partial charge is 0.493 e. The molecule has 0 saturated carbocycles. The lowest BCUT2D eigenvalue weighted by molar-refractivity contribution is 0.324. The molecule has 0 unspecified atom stereocenters. The zero-order valence-electron chi connectivity index (χ0n) is 16.8. The molecule has 2 aromatic heterocycles. The average molecular weight is 390 g/mol. The summed E-state index contributed by atoms with van der Waals surface area (Å²) in [6.07, 6.45) is 1.79. The Morgan fingerprint density at radius 2 is 1.59 bits per heavy atom. The fourth-order valence-electron chi connectivity index (χ4n) is 3.26. The van der Waals surface area contributed by atoms with Crippen molar-refractivity contribution in [3.05, 3.63) is 54.7 Å². The number of imidazole rings is 1. The van der Waals surface area contributed by atoms with Crippen LogP contribution in [0.15, 0.2) is 54.7 Å². The minimum absolute atomic E-state index is 0.544. The lowest BCUT2D eigenvalue weighted by Gasteiger charge is -2.15. The number of methoxy groups -OCH3 is 3. The molecule has 2 aromatic carbocycles. The summed E-state index contributed by atoms with van der Waals surface area (Å²) >= 11 is 0. The summed E-state index contributed by atoms with van der Waals surface area (Å²) in [5, 5.41) is 3.33. The summed E-state index contributed by atoms with van der Waals surface area (Å²) < 4.78 is 18.2. The van der Waals surface area contributed by atoms with Gasteiger partial charge in [0.05, 0.1) is 38.7 Å². The first-order valence-corrected chi connectivity index (χ1v) is 9.09. The van der Waals surface area contributed by atoms with E-state index in [4.69, 9.17) is 14.2 Å². The molecule has 0 radical (unpaired) electrons. The van der Waals surface area contributed by atoms with Gasteiger partial charge in [0.1, 0.15) is 5.52 Å². The molecule has 2 heterocycles. The van der Waals surface area contributed by atoms with Crippen LogP contribution in [0.1, 0.15) is 0 Å². The number of hydrogen-bond acceptors (Lipinski definition) is 6. The number of hydrogen-bond donors (Lipinski definition) is 1. The van der Waals surface area contributed by atoms with Crippen molar-refractivity contribution >= 4 is 22.7 Å². The van der Waals surface area contributed by atoms with E-state index < -0.39 is 0 Å². The topological polar surface area (TPSA) is 70.4 Å². The molecular formula is C22H22N4O3. The standard InChI is InChI=1S/C22H22N4O3/c1-26-18-12-16(14-8-6-5-7-9-14)23-13-17(18)25-22(26)24-15-10-19(27-2)21(29-4)20(11-15)28-3/h5-13H,1-4H3,(H,24,25). The van der Waals surface area contributed by atoms with Gasteiger partial charge in [-0.15, -0.1) is 0 Å². The Morgan fingerprint density at radius 1 is 0.897 bits per heavy atom. The molecular weight excluding hydrogens is 368 g/mol. The molecule has 4 rings (SSSR count). The summed E-state index contributed by atoms with van der Waals surface area (Å²) in [6.45, 7) is 0. The number of aryl methyl sites for hydroxylation is 1. The Morgan fingerprint density at radius 3 is 2.21 bits per heavy atom. The fraction of sp³-hybridized carbons (Fsp3) is 0.182. The highest BCUT2D eigenvalue weighted by Gasteiger charge is 2.15. The minimum Gasteiger partial charge on any atom is -0.493 e. The number of benzene rings is 2. The van der Waals surface area contributed by atoms with E-state index >= 15 is 0 Å². The van der Waals surface area contributed by atoms with Crippen LogP contribution in [0.2, 0.25) is 0 Å². The van der Waals surface area contributed by atoms with Gasteiger partial charge in [-0.2, -0.15) is 0 Å². The molecule has 0 bridgehead atoms. The molecule has 1 N–H and O–H groups in total. The Kier molecular flexibility index (Phi) is 4.95. The molecule has 0 aliphatic carbocycles. The Hall–Kier alpha value is -3.74. The number of fused-ring (bicyclic) bond motifs is 1. The predicted molar refractivity (Wildman–Crippen MR) is 113 cm³/mol. The van der Waals surface area contributed by atoms with E-state index in [2.05, 4.69) is 15.3 Å². The van der Waals surface area contributed by atoms with Gasteiger partial charge in [0.15, 0.2) is 11.5 Å². The normalized spacial score (nSPS) is 10.8. The maximum Gasteiger partial charge on any atom is 0.208 e. The molecule has 0 spiro atoms. The molecule has 7 heteroatoms. The number of rotatable bonds is 6. The van der Waals surface area contributed by atoms with Crippen LogP contribution in [0.3, 0.4) is 0 Å². The minimum atomic E-state index is 0.544. The van der Waals surface area contributed by atoms with E-state index in [0.29, 0.717) is 23.2 Å². The van der Waals surface area contributed by atoms with Crippen molar-refractivity contribution in [2.24, 2.45) is 7.05 Å². The van der Waals surface area contributed by atoms with E-state index in [9.17, 15) is 0 Å². The fourth-order valence-corrected chi connectivity index (χ4v) is 3.26. The van der Waals surface area contributed by atoms with E-state index in [1.54, 1.807) is 27.5 Å². The average Bonchev–Trinajstić information content (AvgIpc) is 3.08. The lowest BCUT2D eigenvalue weighted by atomic mass is 10.1. The highest BCUT2D eigenvalue weighted by atomic mass is 16.5. The first kappa shape index (κ1) is 18.6. The van der Waals surface area contributed by atoms with Gasteiger partial charge in [-0.25, -0.2) is 4.98 Å². The predicted octanol–water partition coefficient (Wildman–Crippen LogP) is 4.40. The van der Waals surface area contributed by atoms with Gasteiger partial charge in [0.25, 0.3) is 0 Å². The zero-order chi connectivity index (χ0) is 20.4. The number of ether oxygens (including phenoxy) is 3. The van der Waals surface area contributed by atoms with Crippen molar-refractivity contribution in [1.29, 1.82) is 0 Å². The molecule has 0 aliphatic heterocycles. The molecule has 0 atom stereocenters. The van der Waals surface area contributed by atoms with Crippen LogP contribution >= 0.6 is 0 Å². The molecule has 0 saturated heterocycles. The van der Waals surface area contributed by atoms with Gasteiger partial charge in [-0.05, 0) is 6.07 Å². The number of pyridine rings is 1.